The van der Waals surface area contributed by atoms with Crippen molar-refractivity contribution in [3.8, 4) is 34.1 Å². The largest absolute Gasteiger partial charge is 0.493 e. The number of ether oxygens (including phenoxy) is 4. The van der Waals surface area contributed by atoms with Crippen molar-refractivity contribution in [1.82, 2.24) is 0 Å². The number of methoxy groups -OCH3 is 3. The molecule has 5 heteroatoms. The highest BCUT2D eigenvalue weighted by atomic mass is 16.5. The fraction of sp³-hybridized carbons (Fsp3) is 0.136. The highest BCUT2D eigenvalue weighted by molar-refractivity contribution is 5.91. The number of benzene rings is 3. The fourth-order valence-electron chi connectivity index (χ4n) is 2.68. The Morgan fingerprint density at radius 1 is 0.741 bits per heavy atom. The molecule has 0 radical (unpaired) electrons. The van der Waals surface area contributed by atoms with Crippen LogP contribution in [0.4, 0.5) is 0 Å². The molecule has 0 amide bonds. The van der Waals surface area contributed by atoms with E-state index in [9.17, 15) is 4.79 Å². The molecule has 27 heavy (non-hydrogen) atoms. The third-order valence-corrected chi connectivity index (χ3v) is 4.06. The lowest BCUT2D eigenvalue weighted by Gasteiger charge is -2.15. The number of hydrogen-bond donors (Lipinski definition) is 0. The second-order valence-corrected chi connectivity index (χ2v) is 5.69. The molecule has 138 valence electrons. The van der Waals surface area contributed by atoms with E-state index in [1.54, 1.807) is 12.1 Å². The normalized spacial score (nSPS) is 10.2. The minimum absolute atomic E-state index is 0.318. The Kier molecular flexibility index (Phi) is 5.61. The van der Waals surface area contributed by atoms with Gasteiger partial charge in [-0.25, -0.2) is 4.79 Å². The SMILES string of the molecule is COC(=O)c1cc(OC)c(Oc2ccc(-c3ccccc3)cc2)c(OC)c1. The zero-order chi connectivity index (χ0) is 19.2. The van der Waals surface area contributed by atoms with Gasteiger partial charge in [-0.05, 0) is 35.4 Å². The molecular formula is C22H20O5. The molecule has 0 aromatic heterocycles. The zero-order valence-electron chi connectivity index (χ0n) is 15.4. The van der Waals surface area contributed by atoms with Gasteiger partial charge < -0.3 is 18.9 Å². The van der Waals surface area contributed by atoms with Crippen molar-refractivity contribution in [3.63, 3.8) is 0 Å². The number of hydrogen-bond acceptors (Lipinski definition) is 5. The molecule has 0 aliphatic rings. The number of carbonyl (C=O) groups is 1. The molecule has 0 heterocycles. The molecule has 0 bridgehead atoms. The molecule has 0 N–H and O–H groups in total. The van der Waals surface area contributed by atoms with Crippen LogP contribution >= 0.6 is 0 Å². The summed E-state index contributed by atoms with van der Waals surface area (Å²) in [5.41, 5.74) is 2.53. The van der Waals surface area contributed by atoms with E-state index in [-0.39, 0.29) is 0 Å². The minimum atomic E-state index is -0.481. The first-order valence-electron chi connectivity index (χ1n) is 8.34. The maximum atomic E-state index is 11.8. The Morgan fingerprint density at radius 2 is 1.30 bits per heavy atom. The van der Waals surface area contributed by atoms with Crippen molar-refractivity contribution < 1.29 is 23.7 Å². The standard InChI is InChI=1S/C22H20O5/c1-24-19-13-17(22(23)26-3)14-20(25-2)21(19)27-18-11-9-16(10-12-18)15-7-5-4-6-8-15/h4-14H,1-3H3. The maximum absolute atomic E-state index is 11.8. The van der Waals surface area contributed by atoms with E-state index in [1.165, 1.54) is 21.3 Å². The van der Waals surface area contributed by atoms with Crippen molar-refractivity contribution >= 4 is 5.97 Å². The minimum Gasteiger partial charge on any atom is -0.493 e. The van der Waals surface area contributed by atoms with E-state index in [1.807, 2.05) is 54.6 Å². The summed E-state index contributed by atoms with van der Waals surface area (Å²) in [5.74, 6) is 1.28. The van der Waals surface area contributed by atoms with E-state index in [0.29, 0.717) is 28.6 Å². The van der Waals surface area contributed by atoms with E-state index in [2.05, 4.69) is 0 Å². The van der Waals surface area contributed by atoms with Crippen molar-refractivity contribution in [2.24, 2.45) is 0 Å². The quantitative estimate of drug-likeness (QED) is 0.579. The Hall–Kier alpha value is -3.47. The molecule has 0 aliphatic heterocycles. The van der Waals surface area contributed by atoms with Crippen LogP contribution in [0.25, 0.3) is 11.1 Å². The topological polar surface area (TPSA) is 54.0 Å². The third-order valence-electron chi connectivity index (χ3n) is 4.06. The average Bonchev–Trinajstić information content (AvgIpc) is 2.74. The van der Waals surface area contributed by atoms with Gasteiger partial charge >= 0.3 is 5.97 Å². The van der Waals surface area contributed by atoms with Gasteiger partial charge in [-0.15, -0.1) is 0 Å². The first-order chi connectivity index (χ1) is 13.2. The van der Waals surface area contributed by atoms with Crippen LogP contribution in [-0.2, 0) is 4.74 Å². The van der Waals surface area contributed by atoms with Gasteiger partial charge in [0.05, 0.1) is 26.9 Å². The van der Waals surface area contributed by atoms with Crippen molar-refractivity contribution in [2.75, 3.05) is 21.3 Å². The lowest BCUT2D eigenvalue weighted by molar-refractivity contribution is 0.0600. The molecule has 0 unspecified atom stereocenters. The molecule has 0 saturated carbocycles. The molecule has 0 saturated heterocycles. The van der Waals surface area contributed by atoms with Crippen LogP contribution in [0.3, 0.4) is 0 Å². The van der Waals surface area contributed by atoms with Crippen molar-refractivity contribution in [1.29, 1.82) is 0 Å². The van der Waals surface area contributed by atoms with Gasteiger partial charge in [0, 0.05) is 0 Å². The summed E-state index contributed by atoms with van der Waals surface area (Å²) in [6.07, 6.45) is 0. The van der Waals surface area contributed by atoms with Crippen LogP contribution in [0.5, 0.6) is 23.0 Å². The summed E-state index contributed by atoms with van der Waals surface area (Å²) in [6, 6.07) is 20.9. The highest BCUT2D eigenvalue weighted by Crippen LogP contribution is 2.41. The summed E-state index contributed by atoms with van der Waals surface area (Å²) in [5, 5.41) is 0. The second kappa shape index (κ2) is 8.27. The van der Waals surface area contributed by atoms with Crippen molar-refractivity contribution in [2.45, 2.75) is 0 Å². The summed E-state index contributed by atoms with van der Waals surface area (Å²) in [7, 11) is 4.32. The summed E-state index contributed by atoms with van der Waals surface area (Å²) in [4.78, 5) is 11.8. The van der Waals surface area contributed by atoms with Gasteiger partial charge in [0.15, 0.2) is 11.5 Å². The highest BCUT2D eigenvalue weighted by Gasteiger charge is 2.18. The smallest absolute Gasteiger partial charge is 0.338 e. The van der Waals surface area contributed by atoms with Crippen LogP contribution in [0.15, 0.2) is 66.7 Å². The molecule has 5 nitrogen and oxygen atoms in total. The first-order valence-corrected chi connectivity index (χ1v) is 8.34. The van der Waals surface area contributed by atoms with E-state index < -0.39 is 5.97 Å². The molecule has 3 aromatic rings. The number of esters is 1. The van der Waals surface area contributed by atoms with E-state index >= 15 is 0 Å². The lowest BCUT2D eigenvalue weighted by Crippen LogP contribution is -2.04. The molecule has 0 fully saturated rings. The summed E-state index contributed by atoms with van der Waals surface area (Å²) < 4.78 is 21.5. The predicted octanol–water partition coefficient (Wildman–Crippen LogP) is 4.95. The Bertz CT molecular complexity index is 892. The number of carbonyl (C=O) groups excluding carboxylic acids is 1. The van der Waals surface area contributed by atoms with Crippen molar-refractivity contribution in [3.05, 3.63) is 72.3 Å². The molecule has 0 spiro atoms. The summed E-state index contributed by atoms with van der Waals surface area (Å²) >= 11 is 0. The molecular weight excluding hydrogens is 344 g/mol. The number of rotatable bonds is 6. The predicted molar refractivity (Wildman–Crippen MR) is 103 cm³/mol. The lowest BCUT2D eigenvalue weighted by atomic mass is 10.1. The zero-order valence-corrected chi connectivity index (χ0v) is 15.4. The molecule has 0 aliphatic carbocycles. The van der Waals surface area contributed by atoms with Crippen LogP contribution < -0.4 is 14.2 Å². The van der Waals surface area contributed by atoms with Crippen LogP contribution in [0.2, 0.25) is 0 Å². The van der Waals surface area contributed by atoms with Gasteiger partial charge in [0.2, 0.25) is 5.75 Å². The summed E-state index contributed by atoms with van der Waals surface area (Å²) in [6.45, 7) is 0. The Balaban J connectivity index is 1.91. The van der Waals surface area contributed by atoms with Gasteiger partial charge in [-0.3, -0.25) is 0 Å². The molecule has 3 aromatic carbocycles. The van der Waals surface area contributed by atoms with Gasteiger partial charge in [-0.1, -0.05) is 42.5 Å². The monoisotopic (exact) mass is 364 g/mol. The maximum Gasteiger partial charge on any atom is 0.338 e. The third kappa shape index (κ3) is 4.03. The Morgan fingerprint density at radius 3 is 1.81 bits per heavy atom. The van der Waals surface area contributed by atoms with Crippen LogP contribution in [0, 0.1) is 0 Å². The van der Waals surface area contributed by atoms with E-state index in [0.717, 1.165) is 11.1 Å². The fourth-order valence-corrected chi connectivity index (χ4v) is 2.68. The first kappa shape index (κ1) is 18.3. The Labute approximate surface area is 158 Å². The van der Waals surface area contributed by atoms with Gasteiger partial charge in [-0.2, -0.15) is 0 Å². The molecule has 3 rings (SSSR count). The van der Waals surface area contributed by atoms with Crippen LogP contribution in [-0.4, -0.2) is 27.3 Å². The average molecular weight is 364 g/mol. The van der Waals surface area contributed by atoms with Crippen LogP contribution in [0.1, 0.15) is 10.4 Å². The van der Waals surface area contributed by atoms with Gasteiger partial charge in [0.25, 0.3) is 0 Å². The van der Waals surface area contributed by atoms with Gasteiger partial charge in [0.1, 0.15) is 5.75 Å². The van der Waals surface area contributed by atoms with E-state index in [4.69, 9.17) is 18.9 Å². The second-order valence-electron chi connectivity index (χ2n) is 5.69. The molecule has 0 atom stereocenters.